The predicted octanol–water partition coefficient (Wildman–Crippen LogP) is 2.70. The second-order valence-electron chi connectivity index (χ2n) is 7.55. The van der Waals surface area contributed by atoms with Crippen molar-refractivity contribution in [2.45, 2.75) is 40.5 Å². The summed E-state index contributed by atoms with van der Waals surface area (Å²) < 4.78 is 0. The number of hydrogen-bond acceptors (Lipinski definition) is 2. The Labute approximate surface area is 161 Å². The fourth-order valence-electron chi connectivity index (χ4n) is 3.78. The molecule has 1 saturated heterocycles. The van der Waals surface area contributed by atoms with Gasteiger partial charge in [-0.2, -0.15) is 0 Å². The minimum absolute atomic E-state index is 0.116. The van der Waals surface area contributed by atoms with E-state index in [2.05, 4.69) is 38.7 Å². The van der Waals surface area contributed by atoms with Crippen molar-refractivity contribution in [3.63, 3.8) is 0 Å². The zero-order valence-electron chi connectivity index (χ0n) is 16.8. The molecule has 1 fully saturated rings. The molecule has 2 aromatic rings. The van der Waals surface area contributed by atoms with E-state index in [4.69, 9.17) is 0 Å². The van der Waals surface area contributed by atoms with Gasteiger partial charge in [0.1, 0.15) is 0 Å². The first-order chi connectivity index (χ1) is 12.9. The van der Waals surface area contributed by atoms with Gasteiger partial charge in [0.25, 0.3) is 0 Å². The second-order valence-corrected chi connectivity index (χ2v) is 7.55. The van der Waals surface area contributed by atoms with E-state index in [1.807, 2.05) is 28.1 Å². The van der Waals surface area contributed by atoms with Gasteiger partial charge in [-0.25, -0.2) is 0 Å². The van der Waals surface area contributed by atoms with Crippen LogP contribution in [-0.2, 0) is 22.4 Å². The molecule has 1 aromatic heterocycles. The number of piperazine rings is 1. The normalized spacial score (nSPS) is 14.5. The van der Waals surface area contributed by atoms with Crippen LogP contribution in [-0.4, -0.2) is 52.8 Å². The summed E-state index contributed by atoms with van der Waals surface area (Å²) in [6.07, 6.45) is 2.66. The molecule has 0 bridgehead atoms. The first kappa shape index (κ1) is 19.2. The Balaban J connectivity index is 1.58. The maximum atomic E-state index is 12.8. The van der Waals surface area contributed by atoms with Crippen LogP contribution >= 0.6 is 0 Å². The van der Waals surface area contributed by atoms with Crippen LogP contribution in [0.15, 0.2) is 24.4 Å². The smallest absolute Gasteiger partial charge is 0.228 e. The lowest BCUT2D eigenvalue weighted by Gasteiger charge is -2.35. The molecule has 1 aromatic carbocycles. The van der Waals surface area contributed by atoms with Crippen molar-refractivity contribution >= 4 is 11.8 Å². The number of carbonyl (C=O) groups excluding carboxylic acids is 2. The molecule has 3 rings (SSSR count). The van der Waals surface area contributed by atoms with Gasteiger partial charge in [0.05, 0.1) is 12.8 Å². The van der Waals surface area contributed by atoms with Crippen molar-refractivity contribution < 1.29 is 9.59 Å². The van der Waals surface area contributed by atoms with Crippen LogP contribution in [0.3, 0.4) is 0 Å². The molecule has 1 aliphatic heterocycles. The minimum atomic E-state index is 0.116. The molecule has 144 valence electrons. The Morgan fingerprint density at radius 2 is 1.41 bits per heavy atom. The number of aromatic nitrogens is 1. The SMILES string of the molecule is Cc1cc(C)c(C)c(CC(=O)N2CCN(C(=O)Cc3ccc[nH]3)CC2)c1C. The lowest BCUT2D eigenvalue weighted by Crippen LogP contribution is -2.51. The number of aryl methyl sites for hydroxylation is 2. The van der Waals surface area contributed by atoms with Gasteiger partial charge in [-0.15, -0.1) is 0 Å². The highest BCUT2D eigenvalue weighted by atomic mass is 16.2. The van der Waals surface area contributed by atoms with Crippen LogP contribution in [0, 0.1) is 27.7 Å². The van der Waals surface area contributed by atoms with Crippen molar-refractivity contribution in [3.05, 3.63) is 57.9 Å². The summed E-state index contributed by atoms with van der Waals surface area (Å²) in [4.78, 5) is 32.1. The number of rotatable bonds is 4. The first-order valence-electron chi connectivity index (χ1n) is 9.61. The highest BCUT2D eigenvalue weighted by Gasteiger charge is 2.25. The van der Waals surface area contributed by atoms with Crippen LogP contribution in [0.2, 0.25) is 0 Å². The van der Waals surface area contributed by atoms with Gasteiger partial charge in [-0.05, 0) is 67.6 Å². The molecule has 0 spiro atoms. The highest BCUT2D eigenvalue weighted by Crippen LogP contribution is 2.23. The van der Waals surface area contributed by atoms with Gasteiger partial charge in [-0.1, -0.05) is 6.07 Å². The standard InChI is InChI=1S/C22H29N3O2/c1-15-12-16(2)18(4)20(17(15)3)14-22(27)25-10-8-24(9-11-25)21(26)13-19-6-5-7-23-19/h5-7,12,23H,8-11,13-14H2,1-4H3. The van der Waals surface area contributed by atoms with E-state index in [0.717, 1.165) is 11.3 Å². The summed E-state index contributed by atoms with van der Waals surface area (Å²) in [5.74, 6) is 0.271. The molecule has 1 aliphatic rings. The minimum Gasteiger partial charge on any atom is -0.365 e. The third-order valence-electron chi connectivity index (χ3n) is 5.84. The molecule has 0 aliphatic carbocycles. The zero-order valence-corrected chi connectivity index (χ0v) is 16.8. The van der Waals surface area contributed by atoms with Gasteiger partial charge < -0.3 is 14.8 Å². The fraction of sp³-hybridized carbons (Fsp3) is 0.455. The van der Waals surface area contributed by atoms with Crippen LogP contribution in [0.4, 0.5) is 0 Å². The van der Waals surface area contributed by atoms with Gasteiger partial charge in [0.2, 0.25) is 11.8 Å². The average molecular weight is 367 g/mol. The zero-order chi connectivity index (χ0) is 19.6. The lowest BCUT2D eigenvalue weighted by atomic mass is 9.92. The summed E-state index contributed by atoms with van der Waals surface area (Å²) in [5.41, 5.74) is 6.99. The molecule has 0 unspecified atom stereocenters. The molecule has 0 radical (unpaired) electrons. The molecule has 5 heteroatoms. The van der Waals surface area contributed by atoms with E-state index in [1.54, 1.807) is 0 Å². The number of aromatic amines is 1. The summed E-state index contributed by atoms with van der Waals surface area (Å²) in [7, 11) is 0. The van der Waals surface area contributed by atoms with Gasteiger partial charge in [0, 0.05) is 38.1 Å². The van der Waals surface area contributed by atoms with Crippen LogP contribution in [0.5, 0.6) is 0 Å². The Morgan fingerprint density at radius 1 is 0.889 bits per heavy atom. The van der Waals surface area contributed by atoms with Crippen molar-refractivity contribution in [3.8, 4) is 0 Å². The molecule has 0 atom stereocenters. The van der Waals surface area contributed by atoms with Gasteiger partial charge in [-0.3, -0.25) is 9.59 Å². The number of carbonyl (C=O) groups is 2. The predicted molar refractivity (Wildman–Crippen MR) is 107 cm³/mol. The largest absolute Gasteiger partial charge is 0.365 e. The lowest BCUT2D eigenvalue weighted by molar-refractivity contribution is -0.138. The number of nitrogens with zero attached hydrogens (tertiary/aromatic N) is 2. The van der Waals surface area contributed by atoms with Crippen molar-refractivity contribution in [1.29, 1.82) is 0 Å². The van der Waals surface area contributed by atoms with Crippen molar-refractivity contribution in [2.75, 3.05) is 26.2 Å². The number of hydrogen-bond donors (Lipinski definition) is 1. The average Bonchev–Trinajstić information content (AvgIpc) is 3.16. The maximum absolute atomic E-state index is 12.8. The van der Waals surface area contributed by atoms with Crippen LogP contribution in [0.1, 0.15) is 33.5 Å². The molecule has 0 saturated carbocycles. The highest BCUT2D eigenvalue weighted by molar-refractivity contribution is 5.81. The van der Waals surface area contributed by atoms with E-state index in [-0.39, 0.29) is 11.8 Å². The first-order valence-corrected chi connectivity index (χ1v) is 9.61. The molecule has 5 nitrogen and oxygen atoms in total. The van der Waals surface area contributed by atoms with Crippen LogP contribution in [0.25, 0.3) is 0 Å². The van der Waals surface area contributed by atoms with E-state index < -0.39 is 0 Å². The number of nitrogens with one attached hydrogen (secondary N) is 1. The number of H-pyrrole nitrogens is 1. The van der Waals surface area contributed by atoms with Gasteiger partial charge in [0.15, 0.2) is 0 Å². The summed E-state index contributed by atoms with van der Waals surface area (Å²) >= 11 is 0. The Hall–Kier alpha value is -2.56. The molecule has 2 heterocycles. The van der Waals surface area contributed by atoms with Crippen molar-refractivity contribution in [1.82, 2.24) is 14.8 Å². The topological polar surface area (TPSA) is 56.4 Å². The van der Waals surface area contributed by atoms with E-state index >= 15 is 0 Å². The van der Waals surface area contributed by atoms with E-state index in [9.17, 15) is 9.59 Å². The third-order valence-corrected chi connectivity index (χ3v) is 5.84. The Kier molecular flexibility index (Phi) is 5.68. The molecular formula is C22H29N3O2. The monoisotopic (exact) mass is 367 g/mol. The van der Waals surface area contributed by atoms with E-state index in [1.165, 1.54) is 22.3 Å². The quantitative estimate of drug-likeness (QED) is 0.903. The fourth-order valence-corrected chi connectivity index (χ4v) is 3.78. The third kappa shape index (κ3) is 4.24. The van der Waals surface area contributed by atoms with E-state index in [0.29, 0.717) is 39.0 Å². The number of amides is 2. The van der Waals surface area contributed by atoms with Crippen molar-refractivity contribution in [2.24, 2.45) is 0 Å². The summed E-state index contributed by atoms with van der Waals surface area (Å²) in [6, 6.07) is 6.01. The second kappa shape index (κ2) is 7.99. The summed E-state index contributed by atoms with van der Waals surface area (Å²) in [6.45, 7) is 10.8. The Morgan fingerprint density at radius 3 is 1.89 bits per heavy atom. The summed E-state index contributed by atoms with van der Waals surface area (Å²) in [5, 5.41) is 0. The molecular weight excluding hydrogens is 338 g/mol. The molecule has 27 heavy (non-hydrogen) atoms. The van der Waals surface area contributed by atoms with Crippen LogP contribution < -0.4 is 0 Å². The molecule has 2 amide bonds. The van der Waals surface area contributed by atoms with Gasteiger partial charge >= 0.3 is 0 Å². The Bertz CT molecular complexity index is 805. The molecule has 1 N–H and O–H groups in total. The maximum Gasteiger partial charge on any atom is 0.228 e. The number of benzene rings is 1.